The van der Waals surface area contributed by atoms with Gasteiger partial charge < -0.3 is 15.0 Å². The van der Waals surface area contributed by atoms with Crippen molar-refractivity contribution in [1.29, 1.82) is 0 Å². The van der Waals surface area contributed by atoms with Gasteiger partial charge in [0, 0.05) is 58.9 Å². The number of nitrogens with one attached hydrogen (secondary N) is 1. The van der Waals surface area contributed by atoms with Crippen molar-refractivity contribution in [2.24, 2.45) is 4.99 Å². The molecule has 1 aliphatic rings. The molecule has 0 unspecified atom stereocenters. The second kappa shape index (κ2) is 10.8. The maximum atomic E-state index is 5.82. The molecule has 8 nitrogen and oxygen atoms in total. The molecule has 0 radical (unpaired) electrons. The van der Waals surface area contributed by atoms with Crippen LogP contribution in [0.3, 0.4) is 0 Å². The standard InChI is InChI=1S/C23H31N7O/c1-24-23(25-12-7-11-22-27-26-21-10-5-6-13-30(21)22)29-16-14-28(15-17-29)18-19-31-20-8-3-2-4-9-20/h2-6,8-10,13H,7,11-12,14-19H2,1H3,(H,24,25). The summed E-state index contributed by atoms with van der Waals surface area (Å²) in [4.78, 5) is 9.26. The number of pyridine rings is 1. The Morgan fingerprint density at radius 1 is 1.03 bits per heavy atom. The smallest absolute Gasteiger partial charge is 0.193 e. The molecule has 0 bridgehead atoms. The van der Waals surface area contributed by atoms with Crippen LogP contribution >= 0.6 is 0 Å². The predicted octanol–water partition coefficient (Wildman–Crippen LogP) is 1.93. The number of ether oxygens (including phenoxy) is 1. The van der Waals surface area contributed by atoms with E-state index in [-0.39, 0.29) is 0 Å². The van der Waals surface area contributed by atoms with Crippen molar-refractivity contribution in [3.63, 3.8) is 0 Å². The van der Waals surface area contributed by atoms with Gasteiger partial charge in [-0.05, 0) is 30.7 Å². The van der Waals surface area contributed by atoms with E-state index in [0.29, 0.717) is 6.61 Å². The molecule has 3 aromatic rings. The van der Waals surface area contributed by atoms with Crippen LogP contribution in [-0.4, -0.2) is 83.3 Å². The number of rotatable bonds is 8. The number of piperazine rings is 1. The number of nitrogens with zero attached hydrogens (tertiary/aromatic N) is 6. The fourth-order valence-electron chi connectivity index (χ4n) is 3.83. The first kappa shape index (κ1) is 21.1. The third-order valence-electron chi connectivity index (χ3n) is 5.55. The van der Waals surface area contributed by atoms with E-state index in [4.69, 9.17) is 4.74 Å². The summed E-state index contributed by atoms with van der Waals surface area (Å²) in [6, 6.07) is 16.0. The molecule has 3 heterocycles. The highest BCUT2D eigenvalue weighted by molar-refractivity contribution is 5.79. The Morgan fingerprint density at radius 2 is 1.84 bits per heavy atom. The number of hydrogen-bond acceptors (Lipinski definition) is 5. The molecule has 1 aromatic carbocycles. The lowest BCUT2D eigenvalue weighted by Gasteiger charge is -2.36. The van der Waals surface area contributed by atoms with Crippen molar-refractivity contribution >= 4 is 11.6 Å². The molecule has 0 saturated carbocycles. The molecule has 1 saturated heterocycles. The van der Waals surface area contributed by atoms with Gasteiger partial charge >= 0.3 is 0 Å². The third kappa shape index (κ3) is 5.73. The van der Waals surface area contributed by atoms with Crippen molar-refractivity contribution in [2.45, 2.75) is 12.8 Å². The Morgan fingerprint density at radius 3 is 2.65 bits per heavy atom. The van der Waals surface area contributed by atoms with E-state index < -0.39 is 0 Å². The number of guanidine groups is 1. The molecule has 1 N–H and O–H groups in total. The van der Waals surface area contributed by atoms with E-state index >= 15 is 0 Å². The average Bonchev–Trinajstić information content (AvgIpc) is 3.24. The van der Waals surface area contributed by atoms with Crippen LogP contribution in [0.5, 0.6) is 5.75 Å². The van der Waals surface area contributed by atoms with E-state index in [1.54, 1.807) is 0 Å². The molecule has 1 aliphatic heterocycles. The summed E-state index contributed by atoms with van der Waals surface area (Å²) in [6.07, 6.45) is 3.87. The van der Waals surface area contributed by atoms with E-state index in [2.05, 4.69) is 34.7 Å². The number of aryl methyl sites for hydroxylation is 1. The Bertz CT molecular complexity index is 964. The lowest BCUT2D eigenvalue weighted by molar-refractivity contribution is 0.152. The van der Waals surface area contributed by atoms with Crippen LogP contribution in [0.25, 0.3) is 5.65 Å². The van der Waals surface area contributed by atoms with E-state index in [9.17, 15) is 0 Å². The quantitative estimate of drug-likeness (QED) is 0.341. The monoisotopic (exact) mass is 421 g/mol. The molecule has 8 heteroatoms. The summed E-state index contributed by atoms with van der Waals surface area (Å²) < 4.78 is 7.88. The molecule has 0 spiro atoms. The van der Waals surface area contributed by atoms with Gasteiger partial charge in [0.1, 0.15) is 18.2 Å². The number of aromatic nitrogens is 3. The van der Waals surface area contributed by atoms with Gasteiger partial charge in [-0.25, -0.2) is 0 Å². The minimum atomic E-state index is 0.717. The van der Waals surface area contributed by atoms with E-state index in [1.807, 2.05) is 61.8 Å². The highest BCUT2D eigenvalue weighted by Gasteiger charge is 2.19. The highest BCUT2D eigenvalue weighted by Crippen LogP contribution is 2.09. The highest BCUT2D eigenvalue weighted by atomic mass is 16.5. The van der Waals surface area contributed by atoms with Crippen molar-refractivity contribution in [3.8, 4) is 5.75 Å². The molecule has 0 aliphatic carbocycles. The molecular formula is C23H31N7O. The summed E-state index contributed by atoms with van der Waals surface area (Å²) in [5, 5.41) is 12.0. The van der Waals surface area contributed by atoms with Gasteiger partial charge in [0.05, 0.1) is 0 Å². The summed E-state index contributed by atoms with van der Waals surface area (Å²) in [7, 11) is 1.86. The summed E-state index contributed by atoms with van der Waals surface area (Å²) in [5.74, 6) is 2.91. The van der Waals surface area contributed by atoms with Gasteiger partial charge in [-0.15, -0.1) is 10.2 Å². The van der Waals surface area contributed by atoms with Crippen LogP contribution in [-0.2, 0) is 6.42 Å². The Labute approximate surface area is 183 Å². The van der Waals surface area contributed by atoms with E-state index in [0.717, 1.165) is 75.3 Å². The van der Waals surface area contributed by atoms with E-state index in [1.165, 1.54) is 0 Å². The van der Waals surface area contributed by atoms with Crippen LogP contribution < -0.4 is 10.1 Å². The summed E-state index contributed by atoms with van der Waals surface area (Å²) >= 11 is 0. The van der Waals surface area contributed by atoms with Gasteiger partial charge in [0.2, 0.25) is 0 Å². The first-order valence-electron chi connectivity index (χ1n) is 11.0. The number of hydrogen-bond donors (Lipinski definition) is 1. The average molecular weight is 422 g/mol. The number of fused-ring (bicyclic) bond motifs is 1. The lowest BCUT2D eigenvalue weighted by Crippen LogP contribution is -2.53. The molecule has 31 heavy (non-hydrogen) atoms. The van der Waals surface area contributed by atoms with Crippen molar-refractivity contribution in [3.05, 3.63) is 60.6 Å². The zero-order valence-corrected chi connectivity index (χ0v) is 18.2. The van der Waals surface area contributed by atoms with Crippen molar-refractivity contribution in [1.82, 2.24) is 29.7 Å². The maximum Gasteiger partial charge on any atom is 0.193 e. The fraction of sp³-hybridized carbons (Fsp3) is 0.435. The zero-order chi connectivity index (χ0) is 21.3. The van der Waals surface area contributed by atoms with Crippen molar-refractivity contribution in [2.75, 3.05) is 52.9 Å². The Hall–Kier alpha value is -3.13. The molecule has 2 aromatic heterocycles. The molecule has 4 rings (SSSR count). The van der Waals surface area contributed by atoms with Gasteiger partial charge in [0.15, 0.2) is 11.6 Å². The lowest BCUT2D eigenvalue weighted by atomic mass is 10.3. The van der Waals surface area contributed by atoms with Crippen LogP contribution in [0, 0.1) is 0 Å². The second-order valence-electron chi connectivity index (χ2n) is 7.61. The summed E-state index contributed by atoms with van der Waals surface area (Å²) in [5.41, 5.74) is 0.897. The molecule has 0 atom stereocenters. The molecule has 164 valence electrons. The zero-order valence-electron chi connectivity index (χ0n) is 18.2. The Balaban J connectivity index is 1.15. The number of benzene rings is 1. The molecule has 0 amide bonds. The topological polar surface area (TPSA) is 70.3 Å². The van der Waals surface area contributed by atoms with Crippen LogP contribution in [0.2, 0.25) is 0 Å². The van der Waals surface area contributed by atoms with Crippen LogP contribution in [0.15, 0.2) is 59.7 Å². The maximum absolute atomic E-state index is 5.82. The Kier molecular flexibility index (Phi) is 7.33. The number of para-hydroxylation sites is 1. The van der Waals surface area contributed by atoms with Gasteiger partial charge in [-0.3, -0.25) is 14.3 Å². The second-order valence-corrected chi connectivity index (χ2v) is 7.61. The van der Waals surface area contributed by atoms with Gasteiger partial charge in [-0.1, -0.05) is 24.3 Å². The fourth-order valence-corrected chi connectivity index (χ4v) is 3.83. The first-order valence-corrected chi connectivity index (χ1v) is 11.0. The predicted molar refractivity (Wildman–Crippen MR) is 123 cm³/mol. The minimum absolute atomic E-state index is 0.717. The first-order chi connectivity index (χ1) is 15.3. The largest absolute Gasteiger partial charge is 0.492 e. The third-order valence-corrected chi connectivity index (χ3v) is 5.55. The van der Waals surface area contributed by atoms with Gasteiger partial charge in [-0.2, -0.15) is 0 Å². The van der Waals surface area contributed by atoms with Crippen molar-refractivity contribution < 1.29 is 4.74 Å². The minimum Gasteiger partial charge on any atom is -0.492 e. The SMILES string of the molecule is CN=C(NCCCc1nnc2ccccn12)N1CCN(CCOc2ccccc2)CC1. The number of aliphatic imine (C=N–C) groups is 1. The van der Waals surface area contributed by atoms with Crippen LogP contribution in [0.4, 0.5) is 0 Å². The molecular weight excluding hydrogens is 390 g/mol. The molecule has 1 fully saturated rings. The summed E-state index contributed by atoms with van der Waals surface area (Å²) in [6.45, 7) is 6.50. The van der Waals surface area contributed by atoms with Crippen LogP contribution in [0.1, 0.15) is 12.2 Å². The van der Waals surface area contributed by atoms with Gasteiger partial charge in [0.25, 0.3) is 0 Å². The normalized spacial score (nSPS) is 15.4.